The quantitative estimate of drug-likeness (QED) is 0.858. The van der Waals surface area contributed by atoms with Crippen molar-refractivity contribution in [3.63, 3.8) is 0 Å². The lowest BCUT2D eigenvalue weighted by molar-refractivity contribution is 0.405. The van der Waals surface area contributed by atoms with Gasteiger partial charge in [-0.25, -0.2) is 4.98 Å². The second-order valence-corrected chi connectivity index (χ2v) is 5.43. The van der Waals surface area contributed by atoms with Crippen LogP contribution in [0, 0.1) is 6.92 Å². The molecule has 88 valence electrons. The number of halogens is 1. The zero-order valence-electron chi connectivity index (χ0n) is 10.00. The lowest BCUT2D eigenvalue weighted by Gasteiger charge is -2.37. The van der Waals surface area contributed by atoms with Gasteiger partial charge in [-0.05, 0) is 48.3 Å². The van der Waals surface area contributed by atoms with E-state index < -0.39 is 0 Å². The lowest BCUT2D eigenvalue weighted by atomic mass is 10.1. The van der Waals surface area contributed by atoms with Crippen LogP contribution in [0.5, 0.6) is 0 Å². The van der Waals surface area contributed by atoms with Gasteiger partial charge in [0, 0.05) is 31.4 Å². The molecule has 1 saturated heterocycles. The van der Waals surface area contributed by atoms with E-state index in [1.807, 2.05) is 12.3 Å². The van der Waals surface area contributed by atoms with Crippen LogP contribution in [-0.2, 0) is 0 Å². The van der Waals surface area contributed by atoms with Crippen molar-refractivity contribution >= 4 is 21.7 Å². The number of aromatic nitrogens is 1. The largest absolute Gasteiger partial charge is 0.353 e. The van der Waals surface area contributed by atoms with Gasteiger partial charge in [0.25, 0.3) is 0 Å². The van der Waals surface area contributed by atoms with Gasteiger partial charge in [-0.15, -0.1) is 0 Å². The zero-order valence-corrected chi connectivity index (χ0v) is 11.6. The molecule has 1 fully saturated rings. The van der Waals surface area contributed by atoms with Crippen molar-refractivity contribution in [3.8, 4) is 0 Å². The molecule has 1 N–H and O–H groups in total. The van der Waals surface area contributed by atoms with Crippen LogP contribution in [0.15, 0.2) is 16.7 Å². The first-order valence-corrected chi connectivity index (χ1v) is 6.49. The van der Waals surface area contributed by atoms with E-state index in [4.69, 9.17) is 0 Å². The van der Waals surface area contributed by atoms with Crippen LogP contribution >= 0.6 is 15.9 Å². The van der Waals surface area contributed by atoms with E-state index in [1.54, 1.807) is 0 Å². The van der Waals surface area contributed by atoms with E-state index >= 15 is 0 Å². The molecule has 2 unspecified atom stereocenters. The molecule has 16 heavy (non-hydrogen) atoms. The Morgan fingerprint density at radius 1 is 1.38 bits per heavy atom. The van der Waals surface area contributed by atoms with E-state index in [-0.39, 0.29) is 0 Å². The molecule has 2 rings (SSSR count). The third-order valence-electron chi connectivity index (χ3n) is 2.92. The summed E-state index contributed by atoms with van der Waals surface area (Å²) in [7, 11) is 0. The van der Waals surface area contributed by atoms with Crippen molar-refractivity contribution in [3.05, 3.63) is 22.3 Å². The van der Waals surface area contributed by atoms with E-state index in [0.29, 0.717) is 12.1 Å². The Bertz CT molecular complexity index is 371. The average molecular weight is 284 g/mol. The monoisotopic (exact) mass is 283 g/mol. The predicted molar refractivity (Wildman–Crippen MR) is 70.9 cm³/mol. The van der Waals surface area contributed by atoms with Crippen molar-refractivity contribution in [2.75, 3.05) is 18.0 Å². The van der Waals surface area contributed by atoms with Gasteiger partial charge in [-0.1, -0.05) is 0 Å². The van der Waals surface area contributed by atoms with Crippen LogP contribution in [0.4, 0.5) is 5.82 Å². The van der Waals surface area contributed by atoms with E-state index in [2.05, 4.69) is 51.9 Å². The normalized spacial score (nSPS) is 25.9. The van der Waals surface area contributed by atoms with Gasteiger partial charge in [0.05, 0.1) is 4.47 Å². The summed E-state index contributed by atoms with van der Waals surface area (Å²) in [5.74, 6) is 1.07. The highest BCUT2D eigenvalue weighted by Gasteiger charge is 2.23. The number of aryl methyl sites for hydroxylation is 1. The van der Waals surface area contributed by atoms with E-state index in [1.165, 1.54) is 5.56 Å². The number of rotatable bonds is 1. The van der Waals surface area contributed by atoms with Gasteiger partial charge in [0.1, 0.15) is 5.82 Å². The molecule has 1 aromatic heterocycles. The maximum atomic E-state index is 4.48. The molecule has 0 radical (unpaired) electrons. The predicted octanol–water partition coefficient (Wildman–Crippen LogP) is 2.34. The molecule has 0 amide bonds. The minimum atomic E-state index is 0.512. The molecule has 2 atom stereocenters. The number of nitrogens with zero attached hydrogens (tertiary/aromatic N) is 2. The number of anilines is 1. The summed E-state index contributed by atoms with van der Waals surface area (Å²) >= 11 is 3.63. The Hall–Kier alpha value is -0.610. The van der Waals surface area contributed by atoms with Crippen molar-refractivity contribution < 1.29 is 0 Å². The topological polar surface area (TPSA) is 28.2 Å². The standard InChI is InChI=1S/C12H18BrN3/c1-8-4-5-14-12(11(8)13)16-6-9(2)15-10(3)7-16/h4-5,9-10,15H,6-7H2,1-3H3. The SMILES string of the molecule is Cc1ccnc(N2CC(C)NC(C)C2)c1Br. The van der Waals surface area contributed by atoms with Crippen LogP contribution in [0.3, 0.4) is 0 Å². The van der Waals surface area contributed by atoms with E-state index in [0.717, 1.165) is 23.4 Å². The molecule has 3 nitrogen and oxygen atoms in total. The number of hydrogen-bond acceptors (Lipinski definition) is 3. The number of piperazine rings is 1. The maximum absolute atomic E-state index is 4.48. The fourth-order valence-electron chi connectivity index (χ4n) is 2.25. The summed E-state index contributed by atoms with van der Waals surface area (Å²) in [5.41, 5.74) is 1.24. The van der Waals surface area contributed by atoms with Crippen LogP contribution in [-0.4, -0.2) is 30.2 Å². The summed E-state index contributed by atoms with van der Waals surface area (Å²) in [6.07, 6.45) is 1.88. The Labute approximate surface area is 105 Å². The van der Waals surface area contributed by atoms with Crippen molar-refractivity contribution in [1.82, 2.24) is 10.3 Å². The summed E-state index contributed by atoms with van der Waals surface area (Å²) in [4.78, 5) is 6.83. The third kappa shape index (κ3) is 2.38. The Balaban J connectivity index is 2.26. The van der Waals surface area contributed by atoms with Crippen molar-refractivity contribution in [2.45, 2.75) is 32.9 Å². The summed E-state index contributed by atoms with van der Waals surface area (Å²) < 4.78 is 1.12. The summed E-state index contributed by atoms with van der Waals surface area (Å²) in [6, 6.07) is 3.05. The second kappa shape index (κ2) is 4.72. The number of hydrogen-bond donors (Lipinski definition) is 1. The van der Waals surface area contributed by atoms with Gasteiger partial charge in [-0.3, -0.25) is 0 Å². The van der Waals surface area contributed by atoms with Gasteiger partial charge in [0.15, 0.2) is 0 Å². The van der Waals surface area contributed by atoms with Crippen molar-refractivity contribution in [2.24, 2.45) is 0 Å². The molecule has 1 aliphatic rings. The highest BCUT2D eigenvalue weighted by molar-refractivity contribution is 9.10. The van der Waals surface area contributed by atoms with Crippen LogP contribution in [0.25, 0.3) is 0 Å². The summed E-state index contributed by atoms with van der Waals surface area (Å²) in [5, 5.41) is 3.53. The molecule has 0 spiro atoms. The molecule has 1 aromatic rings. The molecule has 2 heterocycles. The first kappa shape index (κ1) is 11.9. The minimum Gasteiger partial charge on any atom is -0.353 e. The number of nitrogens with one attached hydrogen (secondary N) is 1. The van der Waals surface area contributed by atoms with Gasteiger partial charge >= 0.3 is 0 Å². The average Bonchev–Trinajstić information content (AvgIpc) is 2.20. The van der Waals surface area contributed by atoms with Crippen LogP contribution in [0.2, 0.25) is 0 Å². The minimum absolute atomic E-state index is 0.512. The van der Waals surface area contributed by atoms with E-state index in [9.17, 15) is 0 Å². The highest BCUT2D eigenvalue weighted by Crippen LogP contribution is 2.27. The molecular weight excluding hydrogens is 266 g/mol. The Morgan fingerprint density at radius 3 is 2.62 bits per heavy atom. The van der Waals surface area contributed by atoms with Gasteiger partial charge < -0.3 is 10.2 Å². The zero-order chi connectivity index (χ0) is 11.7. The Kier molecular flexibility index (Phi) is 3.50. The van der Waals surface area contributed by atoms with Crippen molar-refractivity contribution in [1.29, 1.82) is 0 Å². The Morgan fingerprint density at radius 2 is 2.00 bits per heavy atom. The number of pyridine rings is 1. The molecule has 0 saturated carbocycles. The summed E-state index contributed by atoms with van der Waals surface area (Å²) in [6.45, 7) is 8.56. The molecule has 0 aliphatic carbocycles. The molecule has 4 heteroatoms. The molecule has 0 aromatic carbocycles. The lowest BCUT2D eigenvalue weighted by Crippen LogP contribution is -2.54. The third-order valence-corrected chi connectivity index (χ3v) is 3.90. The second-order valence-electron chi connectivity index (χ2n) is 4.64. The molecular formula is C12H18BrN3. The van der Waals surface area contributed by atoms with Crippen LogP contribution in [0.1, 0.15) is 19.4 Å². The maximum Gasteiger partial charge on any atom is 0.143 e. The first-order chi connectivity index (χ1) is 7.58. The first-order valence-electron chi connectivity index (χ1n) is 5.70. The van der Waals surface area contributed by atoms with Gasteiger partial charge in [0.2, 0.25) is 0 Å². The molecule has 1 aliphatic heterocycles. The van der Waals surface area contributed by atoms with Crippen LogP contribution < -0.4 is 10.2 Å². The smallest absolute Gasteiger partial charge is 0.143 e. The fourth-order valence-corrected chi connectivity index (χ4v) is 2.73. The highest BCUT2D eigenvalue weighted by atomic mass is 79.9. The fraction of sp³-hybridized carbons (Fsp3) is 0.583. The van der Waals surface area contributed by atoms with Gasteiger partial charge in [-0.2, -0.15) is 0 Å². The molecule has 0 bridgehead atoms.